The summed E-state index contributed by atoms with van der Waals surface area (Å²) in [5.74, 6) is 0.438. The van der Waals surface area contributed by atoms with Gasteiger partial charge in [0.15, 0.2) is 0 Å². The number of nitrogens with zero attached hydrogens (tertiary/aromatic N) is 1. The Hall–Kier alpha value is -0.940. The van der Waals surface area contributed by atoms with E-state index >= 15 is 0 Å². The molecule has 1 aliphatic heterocycles. The summed E-state index contributed by atoms with van der Waals surface area (Å²) in [6.45, 7) is 2.67. The van der Waals surface area contributed by atoms with Crippen molar-refractivity contribution in [1.82, 2.24) is 15.6 Å². The average Bonchev–Trinajstić information content (AvgIpc) is 3.00. The first kappa shape index (κ1) is 13.1. The molecule has 104 valence electrons. The number of amides is 1. The van der Waals surface area contributed by atoms with E-state index in [0.29, 0.717) is 0 Å². The third-order valence-electron chi connectivity index (χ3n) is 3.99. The van der Waals surface area contributed by atoms with Crippen molar-refractivity contribution in [3.63, 3.8) is 0 Å². The Morgan fingerprint density at radius 3 is 3.00 bits per heavy atom. The molecule has 2 N–H and O–H groups in total. The van der Waals surface area contributed by atoms with Gasteiger partial charge in [0, 0.05) is 23.8 Å². The number of aryl methyl sites for hydroxylation is 2. The van der Waals surface area contributed by atoms with Crippen molar-refractivity contribution in [3.05, 3.63) is 15.6 Å². The standard InChI is InChI=1S/C14H21N3OS/c18-14(10-4-7-15-8-5-10)16-9-6-13-17-11-2-1-3-12(11)19-13/h10,15H,1-9H2,(H,16,18). The van der Waals surface area contributed by atoms with E-state index in [2.05, 4.69) is 15.6 Å². The quantitative estimate of drug-likeness (QED) is 0.873. The molecule has 1 saturated heterocycles. The first-order valence-electron chi connectivity index (χ1n) is 7.29. The number of fused-ring (bicyclic) bond motifs is 1. The van der Waals surface area contributed by atoms with Crippen molar-refractivity contribution < 1.29 is 4.79 Å². The van der Waals surface area contributed by atoms with E-state index in [9.17, 15) is 4.79 Å². The summed E-state index contributed by atoms with van der Waals surface area (Å²) in [4.78, 5) is 18.1. The molecule has 0 aromatic carbocycles. The fourth-order valence-electron chi connectivity index (χ4n) is 2.87. The van der Waals surface area contributed by atoms with Gasteiger partial charge in [0.25, 0.3) is 0 Å². The van der Waals surface area contributed by atoms with Gasteiger partial charge in [-0.05, 0) is 45.2 Å². The zero-order valence-corrected chi connectivity index (χ0v) is 12.0. The highest BCUT2D eigenvalue weighted by molar-refractivity contribution is 7.11. The van der Waals surface area contributed by atoms with E-state index in [-0.39, 0.29) is 11.8 Å². The molecule has 19 heavy (non-hydrogen) atoms. The van der Waals surface area contributed by atoms with Gasteiger partial charge in [0.2, 0.25) is 5.91 Å². The number of thiazole rings is 1. The zero-order chi connectivity index (χ0) is 13.1. The van der Waals surface area contributed by atoms with Crippen LogP contribution < -0.4 is 10.6 Å². The van der Waals surface area contributed by atoms with Crippen LogP contribution in [0, 0.1) is 5.92 Å². The lowest BCUT2D eigenvalue weighted by atomic mass is 9.97. The molecule has 0 saturated carbocycles. The minimum Gasteiger partial charge on any atom is -0.355 e. The molecule has 3 rings (SSSR count). The van der Waals surface area contributed by atoms with Gasteiger partial charge in [-0.15, -0.1) is 11.3 Å². The maximum Gasteiger partial charge on any atom is 0.223 e. The second kappa shape index (κ2) is 6.01. The summed E-state index contributed by atoms with van der Waals surface area (Å²) in [6.07, 6.45) is 6.44. The number of aromatic nitrogens is 1. The summed E-state index contributed by atoms with van der Waals surface area (Å²) >= 11 is 1.84. The van der Waals surface area contributed by atoms with Crippen LogP contribution in [0.25, 0.3) is 0 Å². The molecular weight excluding hydrogens is 258 g/mol. The predicted octanol–water partition coefficient (Wildman–Crippen LogP) is 1.29. The van der Waals surface area contributed by atoms with E-state index in [1.54, 1.807) is 0 Å². The monoisotopic (exact) mass is 279 g/mol. The maximum atomic E-state index is 12.0. The first-order chi connectivity index (χ1) is 9.33. The lowest BCUT2D eigenvalue weighted by Gasteiger charge is -2.21. The van der Waals surface area contributed by atoms with E-state index in [4.69, 9.17) is 0 Å². The molecule has 1 aliphatic carbocycles. The number of hydrogen-bond acceptors (Lipinski definition) is 4. The van der Waals surface area contributed by atoms with Crippen molar-refractivity contribution in [2.24, 2.45) is 5.92 Å². The van der Waals surface area contributed by atoms with Crippen LogP contribution in [0.15, 0.2) is 0 Å². The second-order valence-electron chi connectivity index (χ2n) is 5.40. The minimum absolute atomic E-state index is 0.211. The number of rotatable bonds is 4. The smallest absolute Gasteiger partial charge is 0.223 e. The second-order valence-corrected chi connectivity index (χ2v) is 6.56. The third kappa shape index (κ3) is 3.15. The van der Waals surface area contributed by atoms with Gasteiger partial charge < -0.3 is 10.6 Å². The molecule has 1 fully saturated rings. The Morgan fingerprint density at radius 2 is 2.21 bits per heavy atom. The third-order valence-corrected chi connectivity index (χ3v) is 5.21. The fraction of sp³-hybridized carbons (Fsp3) is 0.714. The molecule has 4 nitrogen and oxygen atoms in total. The van der Waals surface area contributed by atoms with Gasteiger partial charge in [-0.2, -0.15) is 0 Å². The highest BCUT2D eigenvalue weighted by Crippen LogP contribution is 2.27. The molecule has 1 aromatic rings. The van der Waals surface area contributed by atoms with Gasteiger partial charge in [0.05, 0.1) is 10.7 Å². The molecule has 0 atom stereocenters. The van der Waals surface area contributed by atoms with Crippen LogP contribution in [0.1, 0.15) is 34.8 Å². The van der Waals surface area contributed by atoms with Gasteiger partial charge in [-0.3, -0.25) is 4.79 Å². The molecule has 0 radical (unpaired) electrons. The summed E-state index contributed by atoms with van der Waals surface area (Å²) < 4.78 is 0. The largest absolute Gasteiger partial charge is 0.355 e. The molecule has 0 unspecified atom stereocenters. The summed E-state index contributed by atoms with van der Waals surface area (Å²) in [6, 6.07) is 0. The van der Waals surface area contributed by atoms with Gasteiger partial charge >= 0.3 is 0 Å². The molecule has 0 bridgehead atoms. The molecule has 1 amide bonds. The topological polar surface area (TPSA) is 54.0 Å². The summed E-state index contributed by atoms with van der Waals surface area (Å²) in [7, 11) is 0. The molecule has 5 heteroatoms. The molecular formula is C14H21N3OS. The van der Waals surface area contributed by atoms with Gasteiger partial charge in [-0.1, -0.05) is 0 Å². The minimum atomic E-state index is 0.211. The van der Waals surface area contributed by atoms with E-state index in [1.165, 1.54) is 28.4 Å². The van der Waals surface area contributed by atoms with Crippen LogP contribution in [0.3, 0.4) is 0 Å². The van der Waals surface area contributed by atoms with Crippen LogP contribution in [0.4, 0.5) is 0 Å². The van der Waals surface area contributed by atoms with Crippen LogP contribution in [-0.4, -0.2) is 30.5 Å². The van der Waals surface area contributed by atoms with E-state index in [0.717, 1.165) is 45.3 Å². The van der Waals surface area contributed by atoms with Gasteiger partial charge in [-0.25, -0.2) is 4.98 Å². The highest BCUT2D eigenvalue weighted by Gasteiger charge is 2.21. The number of hydrogen-bond donors (Lipinski definition) is 2. The number of piperidine rings is 1. The highest BCUT2D eigenvalue weighted by atomic mass is 32.1. The number of carbonyl (C=O) groups is 1. The Labute approximate surface area is 118 Å². The van der Waals surface area contributed by atoms with Crippen molar-refractivity contribution in [3.8, 4) is 0 Å². The molecule has 2 aliphatic rings. The Bertz CT molecular complexity index is 430. The van der Waals surface area contributed by atoms with Crippen LogP contribution in [0.5, 0.6) is 0 Å². The Morgan fingerprint density at radius 1 is 1.37 bits per heavy atom. The number of nitrogens with one attached hydrogen (secondary N) is 2. The van der Waals surface area contributed by atoms with E-state index in [1.807, 2.05) is 11.3 Å². The molecule has 2 heterocycles. The first-order valence-corrected chi connectivity index (χ1v) is 8.10. The van der Waals surface area contributed by atoms with Crippen LogP contribution >= 0.6 is 11.3 Å². The maximum absolute atomic E-state index is 12.0. The van der Waals surface area contributed by atoms with Crippen molar-refractivity contribution in [1.29, 1.82) is 0 Å². The van der Waals surface area contributed by atoms with Crippen LogP contribution in [0.2, 0.25) is 0 Å². The van der Waals surface area contributed by atoms with Crippen molar-refractivity contribution in [2.45, 2.75) is 38.5 Å². The predicted molar refractivity (Wildman–Crippen MR) is 76.4 cm³/mol. The van der Waals surface area contributed by atoms with E-state index < -0.39 is 0 Å². The Balaban J connectivity index is 1.43. The SMILES string of the molecule is O=C(NCCc1nc2c(s1)CCC2)C1CCNCC1. The average molecular weight is 279 g/mol. The zero-order valence-electron chi connectivity index (χ0n) is 11.2. The van der Waals surface area contributed by atoms with Gasteiger partial charge in [0.1, 0.15) is 0 Å². The lowest BCUT2D eigenvalue weighted by Crippen LogP contribution is -2.38. The number of carbonyl (C=O) groups excluding carboxylic acids is 1. The normalized spacial score (nSPS) is 19.4. The van der Waals surface area contributed by atoms with Crippen molar-refractivity contribution >= 4 is 17.2 Å². The van der Waals surface area contributed by atoms with Crippen LogP contribution in [-0.2, 0) is 24.1 Å². The lowest BCUT2D eigenvalue weighted by molar-refractivity contribution is -0.125. The fourth-order valence-corrected chi connectivity index (χ4v) is 4.03. The summed E-state index contributed by atoms with van der Waals surface area (Å²) in [5.41, 5.74) is 1.31. The summed E-state index contributed by atoms with van der Waals surface area (Å²) in [5, 5.41) is 7.54. The molecule has 0 spiro atoms. The Kier molecular flexibility index (Phi) is 4.13. The molecule has 1 aromatic heterocycles. The van der Waals surface area contributed by atoms with Crippen molar-refractivity contribution in [2.75, 3.05) is 19.6 Å².